The Morgan fingerprint density at radius 1 is 1.10 bits per heavy atom. The van der Waals surface area contributed by atoms with Crippen LogP contribution in [0.1, 0.15) is 23.0 Å². The van der Waals surface area contributed by atoms with Crippen LogP contribution in [0.15, 0.2) is 48.9 Å². The molecule has 2 aromatic heterocycles. The van der Waals surface area contributed by atoms with E-state index in [0.717, 1.165) is 22.0 Å². The molecule has 0 radical (unpaired) electrons. The van der Waals surface area contributed by atoms with E-state index in [-0.39, 0.29) is 6.04 Å². The molecule has 0 bridgehead atoms. The molecule has 5 heteroatoms. The molecule has 3 N–H and O–H groups in total. The van der Waals surface area contributed by atoms with Gasteiger partial charge in [-0.3, -0.25) is 10.8 Å². The van der Waals surface area contributed by atoms with E-state index in [4.69, 9.17) is 5.84 Å². The van der Waals surface area contributed by atoms with Crippen LogP contribution in [-0.2, 0) is 0 Å². The molecule has 20 heavy (non-hydrogen) atoms. The molecule has 5 nitrogen and oxygen atoms in total. The van der Waals surface area contributed by atoms with E-state index in [1.54, 1.807) is 18.6 Å². The van der Waals surface area contributed by atoms with Crippen molar-refractivity contribution in [1.82, 2.24) is 20.4 Å². The Kier molecular flexibility index (Phi) is 3.37. The first-order valence-corrected chi connectivity index (χ1v) is 6.37. The van der Waals surface area contributed by atoms with E-state index in [0.29, 0.717) is 5.82 Å². The van der Waals surface area contributed by atoms with Gasteiger partial charge in [0.25, 0.3) is 0 Å². The smallest absolute Gasteiger partial charge is 0.150 e. The third-order valence-electron chi connectivity index (χ3n) is 3.19. The number of rotatable bonds is 3. The maximum Gasteiger partial charge on any atom is 0.150 e. The first kappa shape index (κ1) is 12.7. The molecule has 0 saturated carbocycles. The van der Waals surface area contributed by atoms with Crippen molar-refractivity contribution in [3.8, 4) is 0 Å². The Labute approximate surface area is 116 Å². The normalized spacial score (nSPS) is 12.5. The molecule has 0 amide bonds. The summed E-state index contributed by atoms with van der Waals surface area (Å²) in [6.45, 7) is 1.95. The SMILES string of the molecule is Cc1cnc(C(NN)c2ccc3cccnc3c2)nc1. The number of aryl methyl sites for hydroxylation is 1. The average molecular weight is 265 g/mol. The summed E-state index contributed by atoms with van der Waals surface area (Å²) < 4.78 is 0. The number of nitrogens with two attached hydrogens (primary N) is 1. The number of nitrogens with one attached hydrogen (secondary N) is 1. The van der Waals surface area contributed by atoms with Crippen molar-refractivity contribution >= 4 is 10.9 Å². The van der Waals surface area contributed by atoms with Gasteiger partial charge in [0.1, 0.15) is 6.04 Å². The van der Waals surface area contributed by atoms with Crippen LogP contribution in [0.25, 0.3) is 10.9 Å². The van der Waals surface area contributed by atoms with Crippen LogP contribution < -0.4 is 11.3 Å². The number of hydrazine groups is 1. The highest BCUT2D eigenvalue weighted by molar-refractivity contribution is 5.79. The van der Waals surface area contributed by atoms with Crippen molar-refractivity contribution in [2.24, 2.45) is 5.84 Å². The van der Waals surface area contributed by atoms with Gasteiger partial charge in [-0.15, -0.1) is 0 Å². The molecule has 2 heterocycles. The molecule has 0 spiro atoms. The fraction of sp³-hybridized carbons (Fsp3) is 0.133. The molecule has 100 valence electrons. The molecule has 0 saturated heterocycles. The van der Waals surface area contributed by atoms with Crippen LogP contribution in [-0.4, -0.2) is 15.0 Å². The first-order valence-electron chi connectivity index (χ1n) is 6.37. The fourth-order valence-corrected chi connectivity index (χ4v) is 2.13. The molecule has 0 aliphatic heterocycles. The van der Waals surface area contributed by atoms with Crippen molar-refractivity contribution in [2.45, 2.75) is 13.0 Å². The second-order valence-electron chi connectivity index (χ2n) is 4.67. The second-order valence-corrected chi connectivity index (χ2v) is 4.67. The van der Waals surface area contributed by atoms with Crippen molar-refractivity contribution in [2.75, 3.05) is 0 Å². The van der Waals surface area contributed by atoms with Crippen molar-refractivity contribution in [1.29, 1.82) is 0 Å². The summed E-state index contributed by atoms with van der Waals surface area (Å²) in [7, 11) is 0. The summed E-state index contributed by atoms with van der Waals surface area (Å²) in [5, 5.41) is 1.09. The standard InChI is InChI=1S/C15H15N5/c1-10-8-18-15(19-9-10)14(20-16)12-5-4-11-3-2-6-17-13(11)7-12/h2-9,14,20H,16H2,1H3. The molecular formula is C15H15N5. The van der Waals surface area contributed by atoms with Gasteiger partial charge < -0.3 is 0 Å². The van der Waals surface area contributed by atoms with Crippen molar-refractivity contribution in [3.63, 3.8) is 0 Å². The van der Waals surface area contributed by atoms with E-state index >= 15 is 0 Å². The number of hydrogen-bond acceptors (Lipinski definition) is 5. The third-order valence-corrected chi connectivity index (χ3v) is 3.19. The maximum absolute atomic E-state index is 5.67. The van der Waals surface area contributed by atoms with E-state index in [1.807, 2.05) is 37.3 Å². The second kappa shape index (κ2) is 5.32. The molecule has 3 aromatic rings. The molecule has 1 unspecified atom stereocenters. The Bertz CT molecular complexity index is 724. The van der Waals surface area contributed by atoms with Gasteiger partial charge >= 0.3 is 0 Å². The summed E-state index contributed by atoms with van der Waals surface area (Å²) in [5.41, 5.74) is 5.70. The molecular weight excluding hydrogens is 250 g/mol. The van der Waals surface area contributed by atoms with Gasteiger partial charge in [-0.25, -0.2) is 15.4 Å². The lowest BCUT2D eigenvalue weighted by Gasteiger charge is -2.15. The van der Waals surface area contributed by atoms with Gasteiger partial charge in [-0.1, -0.05) is 18.2 Å². The highest BCUT2D eigenvalue weighted by atomic mass is 15.2. The molecule has 1 aromatic carbocycles. The number of nitrogens with zero attached hydrogens (tertiary/aromatic N) is 3. The minimum atomic E-state index is -0.248. The number of hydrogen-bond donors (Lipinski definition) is 2. The molecule has 0 fully saturated rings. The Hall–Kier alpha value is -2.37. The predicted molar refractivity (Wildman–Crippen MR) is 77.7 cm³/mol. The van der Waals surface area contributed by atoms with Gasteiger partial charge in [0.15, 0.2) is 5.82 Å². The molecule has 1 atom stereocenters. The van der Waals surface area contributed by atoms with Crippen LogP contribution in [0.4, 0.5) is 0 Å². The summed E-state index contributed by atoms with van der Waals surface area (Å²) in [4.78, 5) is 13.0. The number of benzene rings is 1. The summed E-state index contributed by atoms with van der Waals surface area (Å²) in [6, 6.07) is 9.74. The van der Waals surface area contributed by atoms with Crippen LogP contribution in [0.3, 0.4) is 0 Å². The zero-order valence-corrected chi connectivity index (χ0v) is 11.1. The summed E-state index contributed by atoms with van der Waals surface area (Å²) in [5.74, 6) is 6.32. The fourth-order valence-electron chi connectivity index (χ4n) is 2.13. The maximum atomic E-state index is 5.67. The summed E-state index contributed by atoms with van der Waals surface area (Å²) >= 11 is 0. The zero-order chi connectivity index (χ0) is 13.9. The van der Waals surface area contributed by atoms with Crippen LogP contribution >= 0.6 is 0 Å². The number of fused-ring (bicyclic) bond motifs is 1. The lowest BCUT2D eigenvalue weighted by atomic mass is 10.0. The molecule has 0 aliphatic carbocycles. The van der Waals surface area contributed by atoms with Gasteiger partial charge in [0.05, 0.1) is 5.52 Å². The summed E-state index contributed by atoms with van der Waals surface area (Å²) in [6.07, 6.45) is 5.34. The largest absolute Gasteiger partial charge is 0.270 e. The Morgan fingerprint density at radius 3 is 2.65 bits per heavy atom. The highest BCUT2D eigenvalue weighted by Crippen LogP contribution is 2.21. The molecule has 0 aliphatic rings. The predicted octanol–water partition coefficient (Wildman–Crippen LogP) is 1.89. The lowest BCUT2D eigenvalue weighted by Crippen LogP contribution is -2.30. The quantitative estimate of drug-likeness (QED) is 0.558. The monoisotopic (exact) mass is 265 g/mol. The number of aromatic nitrogens is 3. The van der Waals surface area contributed by atoms with Crippen LogP contribution in [0.5, 0.6) is 0 Å². The molecule has 3 rings (SSSR count). The van der Waals surface area contributed by atoms with Gasteiger partial charge in [0, 0.05) is 24.0 Å². The van der Waals surface area contributed by atoms with Crippen LogP contribution in [0, 0.1) is 6.92 Å². The van der Waals surface area contributed by atoms with Crippen molar-refractivity contribution in [3.05, 3.63) is 65.9 Å². The highest BCUT2D eigenvalue weighted by Gasteiger charge is 2.15. The van der Waals surface area contributed by atoms with E-state index in [2.05, 4.69) is 20.4 Å². The van der Waals surface area contributed by atoms with Crippen LogP contribution in [0.2, 0.25) is 0 Å². The van der Waals surface area contributed by atoms with Gasteiger partial charge in [-0.05, 0) is 30.2 Å². The van der Waals surface area contributed by atoms with Crippen molar-refractivity contribution < 1.29 is 0 Å². The van der Waals surface area contributed by atoms with Gasteiger partial charge in [0.2, 0.25) is 0 Å². The number of pyridine rings is 1. The van der Waals surface area contributed by atoms with E-state index in [1.165, 1.54) is 0 Å². The Balaban J connectivity index is 2.04. The third kappa shape index (κ3) is 2.36. The van der Waals surface area contributed by atoms with E-state index < -0.39 is 0 Å². The minimum absolute atomic E-state index is 0.248. The topological polar surface area (TPSA) is 76.7 Å². The van der Waals surface area contributed by atoms with Gasteiger partial charge in [-0.2, -0.15) is 0 Å². The first-order chi connectivity index (χ1) is 9.78. The lowest BCUT2D eigenvalue weighted by molar-refractivity contribution is 0.601. The average Bonchev–Trinajstić information content (AvgIpc) is 2.50. The zero-order valence-electron chi connectivity index (χ0n) is 11.1. The van der Waals surface area contributed by atoms with E-state index in [9.17, 15) is 0 Å². The minimum Gasteiger partial charge on any atom is -0.270 e. The Morgan fingerprint density at radius 2 is 1.90 bits per heavy atom.